The number of allylic oxidation sites excluding steroid dienone is 2. The largest absolute Gasteiger partial charge is 0.507 e. The average Bonchev–Trinajstić information content (AvgIpc) is 3.70. The SMILES string of the molecule is CC1CCC2(OC1)OC1CC3C4CCC5CC(O)CCC5(C)C4=CCC3(C)C1C2C.Cl.Cl.O=C1c2c(O)ccc(O)c2C(=O)c2c(NCCNCCO)ccc(NCCNCCO)c21. The van der Waals surface area contributed by atoms with Crippen LogP contribution in [-0.2, 0) is 9.47 Å². The van der Waals surface area contributed by atoms with Crippen LogP contribution in [0.1, 0.15) is 117 Å². The van der Waals surface area contributed by atoms with E-state index in [-0.39, 0.29) is 83.7 Å². The van der Waals surface area contributed by atoms with Gasteiger partial charge in [-0.2, -0.15) is 0 Å². The maximum absolute atomic E-state index is 13.4. The molecule has 11 unspecified atom stereocenters. The van der Waals surface area contributed by atoms with Crippen LogP contribution >= 0.6 is 24.8 Å². The zero-order valence-corrected chi connectivity index (χ0v) is 39.6. The van der Waals surface area contributed by atoms with Gasteiger partial charge in [0.15, 0.2) is 5.79 Å². The Bertz CT molecular complexity index is 1950. The number of hydrogen-bond acceptors (Lipinski definition) is 13. The lowest BCUT2D eigenvalue weighted by atomic mass is 9.48. The van der Waals surface area contributed by atoms with E-state index in [0.717, 1.165) is 37.7 Å². The summed E-state index contributed by atoms with van der Waals surface area (Å²) in [4.78, 5) is 26.7. The molecule has 5 aliphatic carbocycles. The molecule has 0 amide bonds. The second-order valence-corrected chi connectivity index (χ2v) is 19.9. The quantitative estimate of drug-likeness (QED) is 0.0548. The lowest BCUT2D eigenvalue weighted by Gasteiger charge is -2.57. The van der Waals surface area contributed by atoms with E-state index in [0.29, 0.717) is 91.2 Å². The Morgan fingerprint density at radius 3 is 1.88 bits per heavy atom. The average molecular weight is 932 g/mol. The third-order valence-corrected chi connectivity index (χ3v) is 16.4. The highest BCUT2D eigenvalue weighted by atomic mass is 35.5. The van der Waals surface area contributed by atoms with E-state index in [1.165, 1.54) is 50.7 Å². The minimum absolute atomic E-state index is 0. The predicted octanol–water partition coefficient (Wildman–Crippen LogP) is 6.42. The molecule has 15 heteroatoms. The fourth-order valence-electron chi connectivity index (χ4n) is 13.2. The van der Waals surface area contributed by atoms with E-state index in [1.54, 1.807) is 17.7 Å². The molecule has 3 saturated carbocycles. The van der Waals surface area contributed by atoms with Crippen LogP contribution in [0.15, 0.2) is 35.9 Å². The molecule has 5 fully saturated rings. The van der Waals surface area contributed by atoms with Crippen LogP contribution in [0.4, 0.5) is 11.4 Å². The van der Waals surface area contributed by atoms with Gasteiger partial charge in [-0.15, -0.1) is 24.8 Å². The summed E-state index contributed by atoms with van der Waals surface area (Å²) in [5.41, 5.74) is 3.14. The summed E-state index contributed by atoms with van der Waals surface area (Å²) < 4.78 is 13.3. The van der Waals surface area contributed by atoms with Gasteiger partial charge in [-0.1, -0.05) is 39.3 Å². The number of halogens is 2. The number of nitrogens with one attached hydrogen (secondary N) is 4. The minimum Gasteiger partial charge on any atom is -0.507 e. The molecule has 2 heterocycles. The van der Waals surface area contributed by atoms with Crippen molar-refractivity contribution in [3.63, 3.8) is 0 Å². The number of ketones is 2. The lowest BCUT2D eigenvalue weighted by molar-refractivity contribution is -0.272. The topological polar surface area (TPSA) is 202 Å². The van der Waals surface area contributed by atoms with Gasteiger partial charge in [0.1, 0.15) is 11.5 Å². The smallest absolute Gasteiger partial charge is 0.200 e. The Morgan fingerprint density at radius 1 is 0.734 bits per heavy atom. The highest BCUT2D eigenvalue weighted by Gasteiger charge is 2.68. The maximum Gasteiger partial charge on any atom is 0.200 e. The summed E-state index contributed by atoms with van der Waals surface area (Å²) >= 11 is 0. The second kappa shape index (κ2) is 20.5. The number of hydrogen-bond donors (Lipinski definition) is 9. The highest BCUT2D eigenvalue weighted by Crippen LogP contribution is 2.70. The third kappa shape index (κ3) is 8.95. The molecule has 0 bridgehead atoms. The Balaban J connectivity index is 0.000000206. The van der Waals surface area contributed by atoms with Crippen LogP contribution in [0, 0.1) is 46.3 Å². The Labute approximate surface area is 390 Å². The predicted molar refractivity (Wildman–Crippen MR) is 252 cm³/mol. The summed E-state index contributed by atoms with van der Waals surface area (Å²) in [6.45, 7) is 13.5. The third-order valence-electron chi connectivity index (χ3n) is 16.4. The molecule has 2 saturated heterocycles. The highest BCUT2D eigenvalue weighted by molar-refractivity contribution is 6.33. The van der Waals surface area contributed by atoms with Gasteiger partial charge in [0.05, 0.1) is 54.3 Å². The number of aromatic hydroxyl groups is 2. The molecule has 2 aliphatic heterocycles. The van der Waals surface area contributed by atoms with Crippen molar-refractivity contribution >= 4 is 47.8 Å². The number of carbonyl (C=O) groups is 2. The second-order valence-electron chi connectivity index (χ2n) is 19.9. The van der Waals surface area contributed by atoms with Crippen molar-refractivity contribution < 1.29 is 44.6 Å². The molecule has 64 heavy (non-hydrogen) atoms. The zero-order valence-electron chi connectivity index (χ0n) is 37.9. The standard InChI is InChI=1S/C27H42O3.C22H28N4O6.2ClH/c1-16-7-12-27(29-15-16)17(2)24-23(30-27)14-22-20-6-5-18-13-19(28)8-10-25(18,3)21(20)9-11-26(22,24)4;27-11-9-23-5-7-25-13-1-2-14(26-8-6-24-10-12-28)18-17(13)21(31)19-15(29)3-4-16(30)20(19)22(18)32;;/h9,16-20,22-24,28H,5-8,10-15H2,1-4H3;1-4,23-30H,5-12H2;2*1H. The van der Waals surface area contributed by atoms with E-state index in [9.17, 15) is 24.9 Å². The summed E-state index contributed by atoms with van der Waals surface area (Å²) in [7, 11) is 0. The number of carbonyl (C=O) groups excluding carboxylic acids is 2. The van der Waals surface area contributed by atoms with Crippen LogP contribution in [0.2, 0.25) is 0 Å². The first-order valence-electron chi connectivity index (χ1n) is 23.4. The van der Waals surface area contributed by atoms with Crippen molar-refractivity contribution in [2.24, 2.45) is 46.3 Å². The normalized spacial score (nSPS) is 34.3. The van der Waals surface area contributed by atoms with Gasteiger partial charge in [0.2, 0.25) is 11.6 Å². The van der Waals surface area contributed by atoms with Crippen molar-refractivity contribution in [2.75, 3.05) is 69.7 Å². The van der Waals surface area contributed by atoms with Gasteiger partial charge in [-0.3, -0.25) is 9.59 Å². The molecule has 0 aromatic heterocycles. The van der Waals surface area contributed by atoms with E-state index in [1.807, 2.05) is 0 Å². The zero-order chi connectivity index (χ0) is 44.0. The van der Waals surface area contributed by atoms with Crippen molar-refractivity contribution in [3.8, 4) is 11.5 Å². The number of rotatable bonds is 12. The van der Waals surface area contributed by atoms with Crippen LogP contribution in [0.3, 0.4) is 0 Å². The van der Waals surface area contributed by atoms with Crippen molar-refractivity contribution in [3.05, 3.63) is 58.2 Å². The minimum atomic E-state index is -0.559. The van der Waals surface area contributed by atoms with Crippen LogP contribution in [0.25, 0.3) is 0 Å². The summed E-state index contributed by atoms with van der Waals surface area (Å²) in [5, 5.41) is 60.8. The first-order valence-corrected chi connectivity index (χ1v) is 23.4. The molecule has 2 aromatic carbocycles. The molecular weight excluding hydrogens is 859 g/mol. The van der Waals surface area contributed by atoms with Gasteiger partial charge in [-0.05, 0) is 116 Å². The Kier molecular flexibility index (Phi) is 16.1. The molecule has 1 spiro atoms. The van der Waals surface area contributed by atoms with E-state index >= 15 is 0 Å². The van der Waals surface area contributed by atoms with Crippen molar-refractivity contribution in [1.29, 1.82) is 0 Å². The van der Waals surface area contributed by atoms with Gasteiger partial charge in [0.25, 0.3) is 0 Å². The monoisotopic (exact) mass is 930 g/mol. The summed E-state index contributed by atoms with van der Waals surface area (Å²) in [6.07, 6.45) is 13.6. The first-order chi connectivity index (χ1) is 29.8. The number of anilines is 2. The summed E-state index contributed by atoms with van der Waals surface area (Å²) in [5.74, 6) is 1.82. The van der Waals surface area contributed by atoms with Crippen LogP contribution in [0.5, 0.6) is 11.5 Å². The lowest BCUT2D eigenvalue weighted by Crippen LogP contribution is -2.50. The molecule has 7 aliphatic rings. The van der Waals surface area contributed by atoms with Crippen LogP contribution in [-0.4, -0.2) is 114 Å². The first kappa shape index (κ1) is 50.4. The molecule has 2 aromatic rings. The van der Waals surface area contributed by atoms with Gasteiger partial charge < -0.3 is 56.3 Å². The van der Waals surface area contributed by atoms with Gasteiger partial charge >= 0.3 is 0 Å². The van der Waals surface area contributed by atoms with Crippen molar-refractivity contribution in [1.82, 2.24) is 10.6 Å². The molecular formula is C49H72Cl2N4O9. The molecule has 356 valence electrons. The maximum atomic E-state index is 13.4. The van der Waals surface area contributed by atoms with Gasteiger partial charge in [-0.25, -0.2) is 0 Å². The number of fused-ring (bicyclic) bond motifs is 9. The van der Waals surface area contributed by atoms with E-state index in [4.69, 9.17) is 19.7 Å². The molecule has 9 N–H and O–H groups in total. The van der Waals surface area contributed by atoms with Gasteiger partial charge in [0, 0.05) is 63.0 Å². The Morgan fingerprint density at radius 2 is 1.33 bits per heavy atom. The Hall–Kier alpha value is -2.98. The fraction of sp³-hybridized carbons (Fsp3) is 0.673. The summed E-state index contributed by atoms with van der Waals surface area (Å²) in [6, 6.07) is 5.74. The fourth-order valence-corrected chi connectivity index (χ4v) is 13.2. The number of phenolic OH excluding ortho intramolecular Hbond substituents is 2. The van der Waals surface area contributed by atoms with Crippen LogP contribution < -0.4 is 21.3 Å². The molecule has 0 radical (unpaired) electrons. The van der Waals surface area contributed by atoms with E-state index in [2.05, 4.69) is 55.0 Å². The number of aliphatic hydroxyl groups is 3. The molecule has 11 atom stereocenters. The van der Waals surface area contributed by atoms with E-state index < -0.39 is 11.6 Å². The number of aliphatic hydroxyl groups excluding tert-OH is 3. The number of benzene rings is 2. The number of ether oxygens (including phenoxy) is 2. The number of phenols is 2. The molecule has 13 nitrogen and oxygen atoms in total. The molecule has 9 rings (SSSR count). The van der Waals surface area contributed by atoms with Crippen molar-refractivity contribution in [2.45, 2.75) is 103 Å².